The van der Waals surface area contributed by atoms with E-state index in [1.807, 2.05) is 36.4 Å². The van der Waals surface area contributed by atoms with Crippen LogP contribution in [0, 0.1) is 0 Å². The minimum absolute atomic E-state index is 0.448. The first-order valence-corrected chi connectivity index (χ1v) is 9.42. The van der Waals surface area contributed by atoms with E-state index in [2.05, 4.69) is 40.2 Å². The molecule has 130 valence electrons. The monoisotopic (exact) mass is 416 g/mol. The van der Waals surface area contributed by atoms with Crippen molar-refractivity contribution < 1.29 is 14.5 Å². The number of halogens is 1. The van der Waals surface area contributed by atoms with Gasteiger partial charge in [-0.15, -0.1) is 0 Å². The molecule has 0 spiro atoms. The number of benzene rings is 4. The van der Waals surface area contributed by atoms with Gasteiger partial charge < -0.3 is 14.5 Å². The number of hydrogen-bond acceptors (Lipinski definition) is 3. The summed E-state index contributed by atoms with van der Waals surface area (Å²) in [6, 6.07) is 23.6. The zero-order valence-electron chi connectivity index (χ0n) is 14.2. The number of furan rings is 1. The molecule has 0 bridgehead atoms. The van der Waals surface area contributed by atoms with E-state index >= 15 is 0 Å². The smallest absolute Gasteiger partial charge is 0.455 e. The first-order valence-electron chi connectivity index (χ1n) is 8.62. The molecule has 0 aliphatic heterocycles. The molecule has 0 amide bonds. The normalized spacial score (nSPS) is 11.5. The van der Waals surface area contributed by atoms with Gasteiger partial charge in [0.1, 0.15) is 11.2 Å². The third-order valence-corrected chi connectivity index (χ3v) is 5.66. The summed E-state index contributed by atoms with van der Waals surface area (Å²) in [6.45, 7) is 0. The molecular formula is C22H14BBrO3. The fourth-order valence-electron chi connectivity index (χ4n) is 3.69. The van der Waals surface area contributed by atoms with Gasteiger partial charge in [-0.25, -0.2) is 0 Å². The molecule has 0 aliphatic carbocycles. The summed E-state index contributed by atoms with van der Waals surface area (Å²) in [5.74, 6) is 0. The Kier molecular flexibility index (Phi) is 3.83. The van der Waals surface area contributed by atoms with Crippen LogP contribution >= 0.6 is 15.9 Å². The second-order valence-corrected chi connectivity index (χ2v) is 7.41. The Bertz CT molecular complexity index is 1320. The SMILES string of the molecule is OB(O)c1ccc(Br)c(-c2cccc3oc4c5ccccc5ccc4c23)c1. The van der Waals surface area contributed by atoms with Gasteiger partial charge in [-0.2, -0.15) is 0 Å². The standard InChI is InChI=1S/C22H14BBrO3/c24-19-11-9-14(23(25)26)12-18(19)16-6-3-7-20-21(16)17-10-8-13-4-1-2-5-15(13)22(17)27-20/h1-12,25-26H. The van der Waals surface area contributed by atoms with Crippen LogP contribution in [0.15, 0.2) is 81.7 Å². The third-order valence-electron chi connectivity index (χ3n) is 4.97. The zero-order valence-corrected chi connectivity index (χ0v) is 15.8. The van der Waals surface area contributed by atoms with Crippen molar-refractivity contribution in [3.05, 3.63) is 77.3 Å². The fourth-order valence-corrected chi connectivity index (χ4v) is 4.15. The molecule has 5 aromatic rings. The van der Waals surface area contributed by atoms with Crippen molar-refractivity contribution >= 4 is 61.2 Å². The van der Waals surface area contributed by atoms with Gasteiger partial charge in [0.15, 0.2) is 0 Å². The Labute approximate surface area is 164 Å². The third kappa shape index (κ3) is 2.59. The van der Waals surface area contributed by atoms with Gasteiger partial charge in [-0.05, 0) is 40.2 Å². The molecule has 27 heavy (non-hydrogen) atoms. The van der Waals surface area contributed by atoms with Crippen LogP contribution in [0.2, 0.25) is 0 Å². The lowest BCUT2D eigenvalue weighted by Gasteiger charge is -2.09. The molecule has 1 heterocycles. The highest BCUT2D eigenvalue weighted by atomic mass is 79.9. The number of rotatable bonds is 2. The molecule has 0 saturated heterocycles. The Balaban J connectivity index is 1.89. The zero-order chi connectivity index (χ0) is 18.5. The van der Waals surface area contributed by atoms with Crippen molar-refractivity contribution in [3.8, 4) is 11.1 Å². The summed E-state index contributed by atoms with van der Waals surface area (Å²) in [4.78, 5) is 0. The van der Waals surface area contributed by atoms with E-state index in [4.69, 9.17) is 4.42 Å². The predicted molar refractivity (Wildman–Crippen MR) is 114 cm³/mol. The quantitative estimate of drug-likeness (QED) is 0.404. The molecule has 2 N–H and O–H groups in total. The Morgan fingerprint density at radius 3 is 2.48 bits per heavy atom. The predicted octanol–water partition coefficient (Wildman–Crippen LogP) is 4.85. The van der Waals surface area contributed by atoms with Crippen molar-refractivity contribution in [3.63, 3.8) is 0 Å². The van der Waals surface area contributed by atoms with Gasteiger partial charge in [0, 0.05) is 20.6 Å². The van der Waals surface area contributed by atoms with E-state index in [0.717, 1.165) is 48.3 Å². The van der Waals surface area contributed by atoms with Crippen LogP contribution in [0.4, 0.5) is 0 Å². The lowest BCUT2D eigenvalue weighted by molar-refractivity contribution is 0.426. The highest BCUT2D eigenvalue weighted by molar-refractivity contribution is 9.10. The van der Waals surface area contributed by atoms with Gasteiger partial charge >= 0.3 is 7.12 Å². The molecule has 0 fully saturated rings. The molecule has 1 aromatic heterocycles. The second kappa shape index (κ2) is 6.24. The summed E-state index contributed by atoms with van der Waals surface area (Å²) in [5, 5.41) is 23.4. The Hall–Kier alpha value is -2.60. The highest BCUT2D eigenvalue weighted by Gasteiger charge is 2.18. The van der Waals surface area contributed by atoms with E-state index in [9.17, 15) is 10.0 Å². The topological polar surface area (TPSA) is 53.6 Å². The Morgan fingerprint density at radius 1 is 0.778 bits per heavy atom. The molecule has 0 aliphatic rings. The first-order chi connectivity index (χ1) is 13.1. The maximum atomic E-state index is 9.57. The minimum atomic E-state index is -1.51. The van der Waals surface area contributed by atoms with Crippen LogP contribution < -0.4 is 5.46 Å². The van der Waals surface area contributed by atoms with E-state index in [1.54, 1.807) is 12.1 Å². The lowest BCUT2D eigenvalue weighted by atomic mass is 9.79. The van der Waals surface area contributed by atoms with Crippen molar-refractivity contribution in [2.45, 2.75) is 0 Å². The van der Waals surface area contributed by atoms with Crippen LogP contribution in [-0.4, -0.2) is 17.2 Å². The van der Waals surface area contributed by atoms with Crippen molar-refractivity contribution in [1.82, 2.24) is 0 Å². The summed E-state index contributed by atoms with van der Waals surface area (Å²) in [5.41, 5.74) is 3.99. The van der Waals surface area contributed by atoms with E-state index in [0.29, 0.717) is 5.46 Å². The molecule has 5 rings (SSSR count). The van der Waals surface area contributed by atoms with Crippen molar-refractivity contribution in [1.29, 1.82) is 0 Å². The van der Waals surface area contributed by atoms with Crippen LogP contribution in [0.25, 0.3) is 43.8 Å². The fraction of sp³-hybridized carbons (Fsp3) is 0. The summed E-state index contributed by atoms with van der Waals surface area (Å²) >= 11 is 3.60. The van der Waals surface area contributed by atoms with Crippen LogP contribution in [0.3, 0.4) is 0 Å². The van der Waals surface area contributed by atoms with E-state index in [-0.39, 0.29) is 0 Å². The molecule has 0 atom stereocenters. The number of fused-ring (bicyclic) bond motifs is 5. The second-order valence-electron chi connectivity index (χ2n) is 6.56. The molecule has 5 heteroatoms. The first kappa shape index (κ1) is 16.6. The van der Waals surface area contributed by atoms with E-state index in [1.165, 1.54) is 0 Å². The summed E-state index contributed by atoms with van der Waals surface area (Å²) < 4.78 is 7.12. The lowest BCUT2D eigenvalue weighted by Crippen LogP contribution is -2.29. The molecule has 3 nitrogen and oxygen atoms in total. The van der Waals surface area contributed by atoms with Gasteiger partial charge in [-0.1, -0.05) is 70.5 Å². The summed E-state index contributed by atoms with van der Waals surface area (Å²) in [6.07, 6.45) is 0. The van der Waals surface area contributed by atoms with Crippen LogP contribution in [0.1, 0.15) is 0 Å². The molecule has 0 unspecified atom stereocenters. The molecular weight excluding hydrogens is 403 g/mol. The van der Waals surface area contributed by atoms with Gasteiger partial charge in [0.2, 0.25) is 0 Å². The average Bonchev–Trinajstić information content (AvgIpc) is 3.07. The molecule has 0 radical (unpaired) electrons. The summed E-state index contributed by atoms with van der Waals surface area (Å²) in [7, 11) is -1.51. The minimum Gasteiger partial charge on any atom is -0.455 e. The highest BCUT2D eigenvalue weighted by Crippen LogP contribution is 2.40. The van der Waals surface area contributed by atoms with Crippen molar-refractivity contribution in [2.24, 2.45) is 0 Å². The molecule has 4 aromatic carbocycles. The largest absolute Gasteiger partial charge is 0.488 e. The van der Waals surface area contributed by atoms with Crippen molar-refractivity contribution in [2.75, 3.05) is 0 Å². The molecule has 0 saturated carbocycles. The van der Waals surface area contributed by atoms with E-state index < -0.39 is 7.12 Å². The van der Waals surface area contributed by atoms with Gasteiger partial charge in [0.25, 0.3) is 0 Å². The van der Waals surface area contributed by atoms with Gasteiger partial charge in [0.05, 0.1) is 0 Å². The number of hydrogen-bond donors (Lipinski definition) is 2. The Morgan fingerprint density at radius 2 is 1.63 bits per heavy atom. The van der Waals surface area contributed by atoms with Gasteiger partial charge in [-0.3, -0.25) is 0 Å². The maximum Gasteiger partial charge on any atom is 0.488 e. The average molecular weight is 417 g/mol. The maximum absolute atomic E-state index is 9.57. The van der Waals surface area contributed by atoms with Crippen LogP contribution in [0.5, 0.6) is 0 Å². The van der Waals surface area contributed by atoms with Crippen LogP contribution in [-0.2, 0) is 0 Å².